The number of amides is 1. The molecule has 0 aromatic heterocycles. The second-order valence-corrected chi connectivity index (χ2v) is 6.74. The van der Waals surface area contributed by atoms with Crippen LogP contribution in [0.1, 0.15) is 44.7 Å². The van der Waals surface area contributed by atoms with E-state index in [1.165, 1.54) is 0 Å². The van der Waals surface area contributed by atoms with Crippen molar-refractivity contribution >= 4 is 24.2 Å². The number of carbonyl (C=O) groups excluding carboxylic acids is 1. The zero-order valence-corrected chi connectivity index (χ0v) is 14.5. The van der Waals surface area contributed by atoms with Crippen LogP contribution in [0.3, 0.4) is 0 Å². The van der Waals surface area contributed by atoms with Gasteiger partial charge in [0.2, 0.25) is 5.91 Å². The normalized spacial score (nSPS) is 13.9. The molecule has 0 bridgehead atoms. The Hall–Kier alpha value is -1.53. The zero-order chi connectivity index (χ0) is 17.0. The van der Waals surface area contributed by atoms with Crippen molar-refractivity contribution in [3.63, 3.8) is 0 Å². The Morgan fingerprint density at radius 2 is 2.13 bits per heavy atom. The zero-order valence-electron chi connectivity index (χ0n) is 14.5. The Morgan fingerprint density at radius 1 is 1.39 bits per heavy atom. The van der Waals surface area contributed by atoms with Crippen molar-refractivity contribution in [3.05, 3.63) is 23.3 Å². The van der Waals surface area contributed by atoms with E-state index in [2.05, 4.69) is 10.6 Å². The first-order valence-electron chi connectivity index (χ1n) is 8.31. The van der Waals surface area contributed by atoms with Gasteiger partial charge in [0.05, 0.1) is 6.61 Å². The monoisotopic (exact) mass is 318 g/mol. The summed E-state index contributed by atoms with van der Waals surface area (Å²) in [6, 6.07) is 3.89. The van der Waals surface area contributed by atoms with Gasteiger partial charge in [-0.1, -0.05) is 26.8 Å². The maximum atomic E-state index is 12.0. The van der Waals surface area contributed by atoms with Gasteiger partial charge in [0, 0.05) is 24.2 Å². The quantitative estimate of drug-likeness (QED) is 0.527. The average molecular weight is 318 g/mol. The molecule has 6 heteroatoms. The molecule has 23 heavy (non-hydrogen) atoms. The van der Waals surface area contributed by atoms with Gasteiger partial charge in [0.25, 0.3) is 0 Å². The number of benzene rings is 1. The van der Waals surface area contributed by atoms with E-state index in [1.807, 2.05) is 39.8 Å². The number of fused-ring (bicyclic) bond motifs is 1. The summed E-state index contributed by atoms with van der Waals surface area (Å²) in [6.45, 7) is 9.90. The summed E-state index contributed by atoms with van der Waals surface area (Å²) < 4.78 is 5.25. The van der Waals surface area contributed by atoms with Crippen molar-refractivity contribution in [3.8, 4) is 0 Å². The number of carbonyl (C=O) groups is 1. The maximum Gasteiger partial charge on any atom is 0.491 e. The summed E-state index contributed by atoms with van der Waals surface area (Å²) in [5, 5.41) is 16.1. The molecule has 0 radical (unpaired) electrons. The lowest BCUT2D eigenvalue weighted by Gasteiger charge is -2.21. The predicted octanol–water partition coefficient (Wildman–Crippen LogP) is 1.57. The Labute approximate surface area is 139 Å². The van der Waals surface area contributed by atoms with Gasteiger partial charge < -0.3 is 20.3 Å². The minimum atomic E-state index is -0.796. The third-order valence-corrected chi connectivity index (χ3v) is 4.74. The van der Waals surface area contributed by atoms with Gasteiger partial charge >= 0.3 is 7.12 Å². The third kappa shape index (κ3) is 4.06. The van der Waals surface area contributed by atoms with E-state index < -0.39 is 7.12 Å². The standard InChI is InChI=1S/C17H27BN2O3/c1-5-17(3,4)16(21)20-10-6-9-19-15-8-7-14-13(12(15)2)11-23-18(14)22/h7-8,19,22H,5-6,9-11H2,1-4H3,(H,20,21). The van der Waals surface area contributed by atoms with Crippen LogP contribution >= 0.6 is 0 Å². The lowest BCUT2D eigenvalue weighted by molar-refractivity contribution is -0.129. The molecule has 1 heterocycles. The summed E-state index contributed by atoms with van der Waals surface area (Å²) >= 11 is 0. The van der Waals surface area contributed by atoms with Gasteiger partial charge in [0.1, 0.15) is 0 Å². The van der Waals surface area contributed by atoms with Gasteiger partial charge in [-0.25, -0.2) is 0 Å². The molecule has 0 saturated heterocycles. The predicted molar refractivity (Wildman–Crippen MR) is 93.8 cm³/mol. The van der Waals surface area contributed by atoms with E-state index in [0.717, 1.165) is 41.7 Å². The molecule has 5 nitrogen and oxygen atoms in total. The van der Waals surface area contributed by atoms with Crippen LogP contribution in [0, 0.1) is 12.3 Å². The van der Waals surface area contributed by atoms with E-state index in [4.69, 9.17) is 4.65 Å². The van der Waals surface area contributed by atoms with Gasteiger partial charge in [-0.2, -0.15) is 0 Å². The summed E-state index contributed by atoms with van der Waals surface area (Å²) in [6.07, 6.45) is 1.69. The van der Waals surface area contributed by atoms with E-state index in [0.29, 0.717) is 13.2 Å². The van der Waals surface area contributed by atoms with Crippen LogP contribution in [-0.2, 0) is 16.1 Å². The fraction of sp³-hybridized carbons (Fsp3) is 0.588. The number of anilines is 1. The highest BCUT2D eigenvalue weighted by molar-refractivity contribution is 6.61. The number of rotatable bonds is 7. The molecular weight excluding hydrogens is 291 g/mol. The molecule has 0 saturated carbocycles. The van der Waals surface area contributed by atoms with Crippen LogP contribution in [0.25, 0.3) is 0 Å². The lowest BCUT2D eigenvalue weighted by Crippen LogP contribution is -2.37. The maximum absolute atomic E-state index is 12.0. The van der Waals surface area contributed by atoms with Crippen molar-refractivity contribution < 1.29 is 14.5 Å². The first-order chi connectivity index (χ1) is 10.9. The molecule has 1 aliphatic heterocycles. The molecule has 3 N–H and O–H groups in total. The Kier molecular flexibility index (Phi) is 5.71. The van der Waals surface area contributed by atoms with Crippen LogP contribution in [0.15, 0.2) is 12.1 Å². The van der Waals surface area contributed by atoms with Crippen LogP contribution in [0.2, 0.25) is 0 Å². The molecule has 0 unspecified atom stereocenters. The molecule has 0 aliphatic carbocycles. The van der Waals surface area contributed by atoms with Crippen LogP contribution in [0.5, 0.6) is 0 Å². The molecule has 2 rings (SSSR count). The second kappa shape index (κ2) is 7.36. The van der Waals surface area contributed by atoms with Gasteiger partial charge in [-0.15, -0.1) is 0 Å². The first kappa shape index (κ1) is 17.8. The molecule has 0 fully saturated rings. The largest absolute Gasteiger partial charge is 0.491 e. The highest BCUT2D eigenvalue weighted by Gasteiger charge is 2.29. The van der Waals surface area contributed by atoms with Gasteiger partial charge in [-0.05, 0) is 42.4 Å². The Balaban J connectivity index is 1.79. The Morgan fingerprint density at radius 3 is 2.83 bits per heavy atom. The van der Waals surface area contributed by atoms with Crippen molar-refractivity contribution in [2.45, 2.75) is 47.1 Å². The number of nitrogens with one attached hydrogen (secondary N) is 2. The van der Waals surface area contributed by atoms with Crippen LogP contribution in [0.4, 0.5) is 5.69 Å². The van der Waals surface area contributed by atoms with Crippen molar-refractivity contribution in [1.29, 1.82) is 0 Å². The molecule has 1 amide bonds. The molecule has 0 spiro atoms. The van der Waals surface area contributed by atoms with Gasteiger partial charge in [0.15, 0.2) is 0 Å². The second-order valence-electron chi connectivity index (χ2n) is 6.74. The summed E-state index contributed by atoms with van der Waals surface area (Å²) in [5.74, 6) is 0.111. The Bertz CT molecular complexity index is 575. The van der Waals surface area contributed by atoms with E-state index >= 15 is 0 Å². The average Bonchev–Trinajstić information content (AvgIpc) is 2.90. The van der Waals surface area contributed by atoms with Crippen molar-refractivity contribution in [1.82, 2.24) is 5.32 Å². The molecule has 126 valence electrons. The minimum absolute atomic E-state index is 0.111. The minimum Gasteiger partial charge on any atom is -0.423 e. The highest BCUT2D eigenvalue weighted by Crippen LogP contribution is 2.22. The van der Waals surface area contributed by atoms with E-state index in [1.54, 1.807) is 0 Å². The first-order valence-corrected chi connectivity index (χ1v) is 8.31. The molecule has 1 aromatic carbocycles. The fourth-order valence-corrected chi connectivity index (χ4v) is 2.56. The molecular formula is C17H27BN2O3. The lowest BCUT2D eigenvalue weighted by atomic mass is 9.78. The summed E-state index contributed by atoms with van der Waals surface area (Å²) in [5.41, 5.74) is 3.81. The number of hydrogen-bond acceptors (Lipinski definition) is 4. The van der Waals surface area contributed by atoms with E-state index in [9.17, 15) is 9.82 Å². The third-order valence-electron chi connectivity index (χ3n) is 4.74. The van der Waals surface area contributed by atoms with Crippen molar-refractivity contribution in [2.24, 2.45) is 5.41 Å². The molecule has 1 aromatic rings. The van der Waals surface area contributed by atoms with Gasteiger partial charge in [-0.3, -0.25) is 4.79 Å². The number of hydrogen-bond donors (Lipinski definition) is 3. The topological polar surface area (TPSA) is 70.6 Å². The van der Waals surface area contributed by atoms with E-state index in [-0.39, 0.29) is 11.3 Å². The molecule has 1 aliphatic rings. The highest BCUT2D eigenvalue weighted by atomic mass is 16.5. The fourth-order valence-electron chi connectivity index (χ4n) is 2.56. The van der Waals surface area contributed by atoms with Crippen LogP contribution < -0.4 is 16.1 Å². The van der Waals surface area contributed by atoms with Crippen molar-refractivity contribution in [2.75, 3.05) is 18.4 Å². The summed E-state index contributed by atoms with van der Waals surface area (Å²) in [7, 11) is -0.796. The van der Waals surface area contributed by atoms with Crippen LogP contribution in [-0.4, -0.2) is 31.1 Å². The summed E-state index contributed by atoms with van der Waals surface area (Å²) in [4.78, 5) is 12.0. The smallest absolute Gasteiger partial charge is 0.423 e. The molecule has 0 atom stereocenters. The SMILES string of the molecule is CCC(C)(C)C(=O)NCCCNc1ccc2c(c1C)COB2O.